The Morgan fingerprint density at radius 2 is 2.08 bits per heavy atom. The van der Waals surface area contributed by atoms with Gasteiger partial charge in [-0.25, -0.2) is 9.98 Å². The molecule has 0 saturated heterocycles. The molecule has 25 heavy (non-hydrogen) atoms. The van der Waals surface area contributed by atoms with Crippen LogP contribution in [0.5, 0.6) is 0 Å². The zero-order chi connectivity index (χ0) is 18.2. The number of carbonyl (C=O) groups excluding carboxylic acids is 1. The first kappa shape index (κ1) is 23.9. The molecule has 0 aromatic carbocycles. The number of thiazole rings is 1. The van der Waals surface area contributed by atoms with Gasteiger partial charge in [0.15, 0.2) is 5.96 Å². The Bertz CT molecular complexity index is 565. The van der Waals surface area contributed by atoms with Crippen LogP contribution in [-0.2, 0) is 11.2 Å². The topological polar surface area (TPSA) is 69.6 Å². The summed E-state index contributed by atoms with van der Waals surface area (Å²) >= 11 is 1.60. The minimum Gasteiger partial charge on any atom is -0.357 e. The number of halogens is 4. The molecule has 1 aromatic rings. The second kappa shape index (κ2) is 11.5. The van der Waals surface area contributed by atoms with Gasteiger partial charge in [0.2, 0.25) is 5.91 Å². The molecule has 144 valence electrons. The van der Waals surface area contributed by atoms with E-state index in [2.05, 4.69) is 20.6 Å². The molecule has 6 nitrogen and oxygen atoms in total. The predicted molar refractivity (Wildman–Crippen MR) is 104 cm³/mol. The lowest BCUT2D eigenvalue weighted by molar-refractivity contribution is -0.157. The first-order chi connectivity index (χ1) is 11.2. The SMILES string of the molecule is CCNC(=NCC(=O)N(C)CC(F)(F)F)NCCc1ncc(C)s1.I. The highest BCUT2D eigenvalue weighted by Crippen LogP contribution is 2.15. The molecule has 0 fully saturated rings. The molecule has 0 aliphatic heterocycles. The Balaban J connectivity index is 0.00000576. The average Bonchev–Trinajstić information content (AvgIpc) is 2.88. The highest BCUT2D eigenvalue weighted by Gasteiger charge is 2.30. The van der Waals surface area contributed by atoms with Crippen molar-refractivity contribution >= 4 is 47.2 Å². The summed E-state index contributed by atoms with van der Waals surface area (Å²) in [7, 11) is 1.11. The van der Waals surface area contributed by atoms with Gasteiger partial charge in [-0.3, -0.25) is 4.79 Å². The molecule has 0 saturated carbocycles. The summed E-state index contributed by atoms with van der Waals surface area (Å²) < 4.78 is 36.8. The van der Waals surface area contributed by atoms with Gasteiger partial charge in [0.1, 0.15) is 13.1 Å². The number of aromatic nitrogens is 1. The summed E-state index contributed by atoms with van der Waals surface area (Å²) in [5.41, 5.74) is 0. The number of nitrogens with one attached hydrogen (secondary N) is 2. The summed E-state index contributed by atoms with van der Waals surface area (Å²) in [6.45, 7) is 3.34. The first-order valence-electron chi connectivity index (χ1n) is 7.45. The molecular weight excluding hydrogens is 470 g/mol. The largest absolute Gasteiger partial charge is 0.406 e. The van der Waals surface area contributed by atoms with Gasteiger partial charge in [-0.05, 0) is 13.8 Å². The van der Waals surface area contributed by atoms with Crippen molar-refractivity contribution in [1.29, 1.82) is 0 Å². The maximum atomic E-state index is 12.3. The highest BCUT2D eigenvalue weighted by molar-refractivity contribution is 14.0. The molecule has 0 radical (unpaired) electrons. The number of aryl methyl sites for hydroxylation is 1. The van der Waals surface area contributed by atoms with Gasteiger partial charge < -0.3 is 15.5 Å². The van der Waals surface area contributed by atoms with E-state index < -0.39 is 18.6 Å². The van der Waals surface area contributed by atoms with E-state index in [1.165, 1.54) is 0 Å². The van der Waals surface area contributed by atoms with Crippen molar-refractivity contribution < 1.29 is 18.0 Å². The van der Waals surface area contributed by atoms with Gasteiger partial charge >= 0.3 is 6.18 Å². The normalized spacial score (nSPS) is 11.7. The number of hydrogen-bond donors (Lipinski definition) is 2. The fourth-order valence-electron chi connectivity index (χ4n) is 1.77. The molecule has 0 aliphatic carbocycles. The van der Waals surface area contributed by atoms with E-state index in [1.807, 2.05) is 13.8 Å². The maximum absolute atomic E-state index is 12.3. The van der Waals surface area contributed by atoms with Crippen molar-refractivity contribution in [2.24, 2.45) is 4.99 Å². The lowest BCUT2D eigenvalue weighted by Gasteiger charge is -2.18. The minimum atomic E-state index is -4.41. The van der Waals surface area contributed by atoms with Crippen molar-refractivity contribution in [3.8, 4) is 0 Å². The van der Waals surface area contributed by atoms with E-state index in [4.69, 9.17) is 0 Å². The molecule has 0 unspecified atom stereocenters. The minimum absolute atomic E-state index is 0. The van der Waals surface area contributed by atoms with E-state index in [1.54, 1.807) is 17.5 Å². The van der Waals surface area contributed by atoms with Crippen LogP contribution in [0.15, 0.2) is 11.2 Å². The van der Waals surface area contributed by atoms with Crippen LogP contribution in [0.4, 0.5) is 13.2 Å². The highest BCUT2D eigenvalue weighted by atomic mass is 127. The summed E-state index contributed by atoms with van der Waals surface area (Å²) in [6, 6.07) is 0. The Labute approximate surface area is 166 Å². The molecule has 1 amide bonds. The molecule has 1 aromatic heterocycles. The van der Waals surface area contributed by atoms with Crippen LogP contribution in [-0.4, -0.2) is 61.2 Å². The third kappa shape index (κ3) is 10.5. The standard InChI is InChI=1S/C14H22F3N5OS.HI/c1-4-18-13(19-6-5-11-20-7-10(2)24-11)21-8-12(23)22(3)9-14(15,16)17;/h7H,4-6,8-9H2,1-3H3,(H2,18,19,21);1H. The number of hydrogen-bond acceptors (Lipinski definition) is 4. The molecular formula is C14H23F3IN5OS. The average molecular weight is 493 g/mol. The van der Waals surface area contributed by atoms with E-state index >= 15 is 0 Å². The lowest BCUT2D eigenvalue weighted by atomic mass is 10.4. The smallest absolute Gasteiger partial charge is 0.357 e. The summed E-state index contributed by atoms with van der Waals surface area (Å²) in [6.07, 6.45) is -1.91. The van der Waals surface area contributed by atoms with Crippen molar-refractivity contribution in [1.82, 2.24) is 20.5 Å². The Morgan fingerprint density at radius 1 is 1.40 bits per heavy atom. The number of likely N-dealkylation sites (N-methyl/N-ethyl adjacent to an activating group) is 1. The van der Waals surface area contributed by atoms with E-state index in [9.17, 15) is 18.0 Å². The maximum Gasteiger partial charge on any atom is 0.406 e. The third-order valence-corrected chi connectivity index (χ3v) is 3.83. The molecule has 0 aliphatic rings. The summed E-state index contributed by atoms with van der Waals surface area (Å²) in [5.74, 6) is -0.306. The molecule has 0 bridgehead atoms. The summed E-state index contributed by atoms with van der Waals surface area (Å²) in [4.78, 5) is 21.7. The second-order valence-corrected chi connectivity index (χ2v) is 6.42. The van der Waals surface area contributed by atoms with Gasteiger partial charge in [-0.2, -0.15) is 13.2 Å². The molecule has 2 N–H and O–H groups in total. The quantitative estimate of drug-likeness (QED) is 0.347. The van der Waals surface area contributed by atoms with Gasteiger partial charge in [-0.1, -0.05) is 0 Å². The van der Waals surface area contributed by atoms with Crippen molar-refractivity contribution in [2.45, 2.75) is 26.4 Å². The van der Waals surface area contributed by atoms with Crippen LogP contribution in [0.25, 0.3) is 0 Å². The van der Waals surface area contributed by atoms with Gasteiger partial charge in [0, 0.05) is 37.6 Å². The fraction of sp³-hybridized carbons (Fsp3) is 0.643. The molecule has 1 heterocycles. The van der Waals surface area contributed by atoms with Crippen molar-refractivity contribution in [2.75, 3.05) is 33.2 Å². The Morgan fingerprint density at radius 3 is 2.60 bits per heavy atom. The van der Waals surface area contributed by atoms with Gasteiger partial charge in [-0.15, -0.1) is 35.3 Å². The number of carbonyl (C=O) groups is 1. The zero-order valence-corrected chi connectivity index (χ0v) is 17.5. The molecule has 11 heteroatoms. The number of rotatable bonds is 7. The van der Waals surface area contributed by atoms with Crippen LogP contribution in [0.2, 0.25) is 0 Å². The third-order valence-electron chi connectivity index (χ3n) is 2.86. The fourth-order valence-corrected chi connectivity index (χ4v) is 2.56. The van der Waals surface area contributed by atoms with Crippen LogP contribution in [0, 0.1) is 6.92 Å². The van der Waals surface area contributed by atoms with Crippen LogP contribution in [0.3, 0.4) is 0 Å². The Hall–Kier alpha value is -1.11. The zero-order valence-electron chi connectivity index (χ0n) is 14.3. The van der Waals surface area contributed by atoms with Crippen molar-refractivity contribution in [3.05, 3.63) is 16.1 Å². The first-order valence-corrected chi connectivity index (χ1v) is 8.27. The number of alkyl halides is 3. The van der Waals surface area contributed by atoms with Gasteiger partial charge in [0.05, 0.1) is 5.01 Å². The van der Waals surface area contributed by atoms with Gasteiger partial charge in [0.25, 0.3) is 0 Å². The van der Waals surface area contributed by atoms with Crippen LogP contribution >= 0.6 is 35.3 Å². The van der Waals surface area contributed by atoms with Crippen LogP contribution in [0.1, 0.15) is 16.8 Å². The monoisotopic (exact) mass is 493 g/mol. The molecule has 0 atom stereocenters. The lowest BCUT2D eigenvalue weighted by Crippen LogP contribution is -2.40. The molecule has 1 rings (SSSR count). The van der Waals surface area contributed by atoms with Crippen LogP contribution < -0.4 is 10.6 Å². The number of aliphatic imine (C=N–C) groups is 1. The summed E-state index contributed by atoms with van der Waals surface area (Å²) in [5, 5.41) is 6.96. The Kier molecular flexibility index (Phi) is 11.0. The van der Waals surface area contributed by atoms with E-state index in [0.717, 1.165) is 16.9 Å². The van der Waals surface area contributed by atoms with E-state index in [-0.39, 0.29) is 30.5 Å². The van der Waals surface area contributed by atoms with Crippen molar-refractivity contribution in [3.63, 3.8) is 0 Å². The molecule has 0 spiro atoms. The number of nitrogens with zero attached hydrogens (tertiary/aromatic N) is 3. The van der Waals surface area contributed by atoms with E-state index in [0.29, 0.717) is 30.4 Å². The predicted octanol–water partition coefficient (Wildman–Crippen LogP) is 2.19. The number of guanidine groups is 1. The second-order valence-electron chi connectivity index (χ2n) is 5.10. The number of amides is 1.